The first-order chi connectivity index (χ1) is 29.0. The zero-order valence-electron chi connectivity index (χ0n) is 35.7. The van der Waals surface area contributed by atoms with Crippen LogP contribution in [0, 0.1) is 13.8 Å². The van der Waals surface area contributed by atoms with E-state index < -0.39 is 0 Å². The lowest BCUT2D eigenvalue weighted by molar-refractivity contribution is 0.398. The van der Waals surface area contributed by atoms with Gasteiger partial charge in [0.15, 0.2) is 23.0 Å². The fraction of sp³-hybridized carbons (Fsp3) is 0.345. The molecule has 2 heterocycles. The first-order valence-corrected chi connectivity index (χ1v) is 22.6. The molecule has 0 spiro atoms. The van der Waals surface area contributed by atoms with E-state index in [-0.39, 0.29) is 5.41 Å². The lowest BCUT2D eigenvalue weighted by Crippen LogP contribution is -2.26. The predicted octanol–water partition coefficient (Wildman–Crippen LogP) is 17.2. The molecule has 0 N–H and O–H groups in total. The van der Waals surface area contributed by atoms with Crippen LogP contribution in [0.25, 0.3) is 11.1 Å². The highest BCUT2D eigenvalue weighted by molar-refractivity contribution is 5.92. The minimum Gasteiger partial charge on any atom is -0.453 e. The molecule has 6 aromatic carbocycles. The molecule has 0 bridgehead atoms. The third kappa shape index (κ3) is 7.41. The molecular formula is C55H60N2O2. The summed E-state index contributed by atoms with van der Waals surface area (Å²) in [7, 11) is 0. The van der Waals surface area contributed by atoms with Gasteiger partial charge in [-0.05, 0) is 133 Å². The average Bonchev–Trinajstić information content (AvgIpc) is 3.52. The van der Waals surface area contributed by atoms with E-state index in [1.807, 2.05) is 0 Å². The number of hydrogen-bond acceptors (Lipinski definition) is 4. The number of benzene rings is 6. The van der Waals surface area contributed by atoms with Crippen molar-refractivity contribution in [2.75, 3.05) is 9.80 Å². The highest BCUT2D eigenvalue weighted by atomic mass is 16.5. The van der Waals surface area contributed by atoms with Gasteiger partial charge in [0.05, 0.1) is 22.7 Å². The number of para-hydroxylation sites is 4. The smallest absolute Gasteiger partial charge is 0.151 e. The summed E-state index contributed by atoms with van der Waals surface area (Å²) in [6.45, 7) is 8.92. The first kappa shape index (κ1) is 39.0. The number of ether oxygens (including phenoxy) is 2. The highest BCUT2D eigenvalue weighted by Gasteiger charge is 2.44. The molecule has 0 atom stereocenters. The second kappa shape index (κ2) is 17.0. The number of fused-ring (bicyclic) bond motifs is 7. The second-order valence-electron chi connectivity index (χ2n) is 17.3. The molecular weight excluding hydrogens is 721 g/mol. The van der Waals surface area contributed by atoms with Gasteiger partial charge < -0.3 is 19.3 Å². The van der Waals surface area contributed by atoms with Gasteiger partial charge >= 0.3 is 0 Å². The van der Waals surface area contributed by atoms with Crippen molar-refractivity contribution in [3.63, 3.8) is 0 Å². The van der Waals surface area contributed by atoms with Crippen LogP contribution in [0.4, 0.5) is 34.1 Å². The van der Waals surface area contributed by atoms with E-state index in [0.29, 0.717) is 0 Å². The van der Waals surface area contributed by atoms with Crippen molar-refractivity contribution in [1.82, 2.24) is 0 Å². The van der Waals surface area contributed by atoms with Crippen molar-refractivity contribution in [3.05, 3.63) is 144 Å². The Morgan fingerprint density at radius 2 is 0.814 bits per heavy atom. The summed E-state index contributed by atoms with van der Waals surface area (Å²) in [6.07, 6.45) is 17.7. The summed E-state index contributed by atoms with van der Waals surface area (Å²) in [5.74, 6) is 3.60. The molecule has 0 aromatic heterocycles. The van der Waals surface area contributed by atoms with Crippen molar-refractivity contribution in [2.24, 2.45) is 0 Å². The van der Waals surface area contributed by atoms with Crippen molar-refractivity contribution >= 4 is 34.1 Å². The number of nitrogens with zero attached hydrogens (tertiary/aromatic N) is 2. The van der Waals surface area contributed by atoms with Crippen molar-refractivity contribution in [3.8, 4) is 34.1 Å². The Balaban J connectivity index is 1.20. The fourth-order valence-electron chi connectivity index (χ4n) is 10.1. The number of rotatable bonds is 16. The Morgan fingerprint density at radius 3 is 1.27 bits per heavy atom. The van der Waals surface area contributed by atoms with Crippen LogP contribution < -0.4 is 19.3 Å². The highest BCUT2D eigenvalue weighted by Crippen LogP contribution is 2.59. The maximum atomic E-state index is 6.55. The van der Waals surface area contributed by atoms with Crippen LogP contribution >= 0.6 is 0 Å². The Labute approximate surface area is 352 Å². The van der Waals surface area contributed by atoms with Crippen molar-refractivity contribution in [1.29, 1.82) is 0 Å². The van der Waals surface area contributed by atoms with Gasteiger partial charge in [0.2, 0.25) is 0 Å². The van der Waals surface area contributed by atoms with E-state index in [1.54, 1.807) is 0 Å². The van der Waals surface area contributed by atoms with Gasteiger partial charge in [0, 0.05) is 16.8 Å². The Bertz CT molecular complexity index is 2280. The number of unbranched alkanes of at least 4 members (excludes halogenated alkanes) is 10. The Kier molecular flexibility index (Phi) is 11.2. The predicted molar refractivity (Wildman–Crippen MR) is 248 cm³/mol. The van der Waals surface area contributed by atoms with Crippen LogP contribution in [0.15, 0.2) is 121 Å². The van der Waals surface area contributed by atoms with E-state index in [0.717, 1.165) is 58.6 Å². The molecule has 59 heavy (non-hydrogen) atoms. The topological polar surface area (TPSA) is 24.9 Å². The summed E-state index contributed by atoms with van der Waals surface area (Å²) < 4.78 is 13.1. The second-order valence-corrected chi connectivity index (χ2v) is 17.3. The quantitative estimate of drug-likeness (QED) is 0.0912. The minimum atomic E-state index is -0.115. The van der Waals surface area contributed by atoms with Gasteiger partial charge in [-0.1, -0.05) is 139 Å². The van der Waals surface area contributed by atoms with E-state index in [9.17, 15) is 0 Å². The molecule has 3 aliphatic rings. The maximum Gasteiger partial charge on any atom is 0.151 e. The summed E-state index contributed by atoms with van der Waals surface area (Å²) in [4.78, 5) is 4.87. The average molecular weight is 781 g/mol. The molecule has 0 saturated carbocycles. The van der Waals surface area contributed by atoms with Gasteiger partial charge in [0.1, 0.15) is 0 Å². The van der Waals surface area contributed by atoms with Gasteiger partial charge in [-0.25, -0.2) is 0 Å². The molecule has 0 saturated heterocycles. The monoisotopic (exact) mass is 780 g/mol. The first-order valence-electron chi connectivity index (χ1n) is 22.6. The molecule has 2 aliphatic heterocycles. The summed E-state index contributed by atoms with van der Waals surface area (Å²) in [6, 6.07) is 44.9. The van der Waals surface area contributed by atoms with Crippen LogP contribution in [-0.2, 0) is 5.41 Å². The molecule has 9 rings (SSSR count). The molecule has 1 aliphatic carbocycles. The van der Waals surface area contributed by atoms with E-state index in [2.05, 4.69) is 159 Å². The Morgan fingerprint density at radius 1 is 0.407 bits per heavy atom. The molecule has 4 heteroatoms. The summed E-state index contributed by atoms with van der Waals surface area (Å²) in [5.41, 5.74) is 14.7. The van der Waals surface area contributed by atoms with E-state index in [4.69, 9.17) is 9.47 Å². The van der Waals surface area contributed by atoms with Crippen LogP contribution in [0.5, 0.6) is 23.0 Å². The van der Waals surface area contributed by atoms with Crippen LogP contribution in [-0.4, -0.2) is 0 Å². The largest absolute Gasteiger partial charge is 0.453 e. The number of aryl methyl sites for hydroxylation is 2. The van der Waals surface area contributed by atoms with E-state index in [1.165, 1.54) is 122 Å². The van der Waals surface area contributed by atoms with Crippen molar-refractivity contribution < 1.29 is 9.47 Å². The molecule has 302 valence electrons. The van der Waals surface area contributed by atoms with Crippen LogP contribution in [0.1, 0.15) is 126 Å². The summed E-state index contributed by atoms with van der Waals surface area (Å²) in [5, 5.41) is 0. The minimum absolute atomic E-state index is 0.115. The summed E-state index contributed by atoms with van der Waals surface area (Å²) >= 11 is 0. The Hall–Kier alpha value is -5.48. The molecule has 0 amide bonds. The number of hydrogen-bond donors (Lipinski definition) is 0. The molecule has 0 radical (unpaired) electrons. The van der Waals surface area contributed by atoms with Gasteiger partial charge in [0.25, 0.3) is 0 Å². The normalized spacial score (nSPS) is 14.0. The zero-order valence-corrected chi connectivity index (χ0v) is 35.7. The number of anilines is 6. The molecule has 6 aromatic rings. The van der Waals surface area contributed by atoms with Crippen LogP contribution in [0.3, 0.4) is 0 Å². The fourth-order valence-corrected chi connectivity index (χ4v) is 10.1. The lowest BCUT2D eigenvalue weighted by atomic mass is 9.70. The van der Waals surface area contributed by atoms with Gasteiger partial charge in [-0.3, -0.25) is 0 Å². The van der Waals surface area contributed by atoms with E-state index >= 15 is 0 Å². The maximum absolute atomic E-state index is 6.55. The van der Waals surface area contributed by atoms with Crippen LogP contribution in [0.2, 0.25) is 0 Å². The SMILES string of the molecule is CCCCCCCCC1(CCCCCCCC)c2cc(N3c4ccccc4Oc4cc(C)ccc43)ccc2-c2ccc(N3c4ccccc4Oc4cc(C)ccc43)cc21. The van der Waals surface area contributed by atoms with Gasteiger partial charge in [-0.2, -0.15) is 0 Å². The lowest BCUT2D eigenvalue weighted by Gasteiger charge is -2.37. The third-order valence-corrected chi connectivity index (χ3v) is 13.1. The molecule has 0 unspecified atom stereocenters. The van der Waals surface area contributed by atoms with Crippen molar-refractivity contribution in [2.45, 2.75) is 123 Å². The third-order valence-electron chi connectivity index (χ3n) is 13.1. The zero-order chi connectivity index (χ0) is 40.3. The van der Waals surface area contributed by atoms with Gasteiger partial charge in [-0.15, -0.1) is 0 Å². The standard InChI is InChI=1S/C55H60N2O2/c1-5-7-9-11-13-19-33-55(34-20-14-12-10-8-6-2)45-37-41(56-47-21-15-17-23-51(47)58-53-35-39(3)25-31-49(53)56)27-29-43(45)44-30-28-42(38-46(44)55)57-48-22-16-18-24-52(48)59-54-36-40(4)26-32-50(54)57/h15-18,21-32,35-38H,5-14,19-20,33-34H2,1-4H3. The molecule has 4 nitrogen and oxygen atoms in total. The molecule has 0 fully saturated rings.